The summed E-state index contributed by atoms with van der Waals surface area (Å²) >= 11 is 0. The Hall–Kier alpha value is -1.35. The van der Waals surface area contributed by atoms with Gasteiger partial charge in [-0.2, -0.15) is 0 Å². The summed E-state index contributed by atoms with van der Waals surface area (Å²) in [7, 11) is 0. The molecule has 0 heterocycles. The highest BCUT2D eigenvalue weighted by molar-refractivity contribution is 5.76. The van der Waals surface area contributed by atoms with Crippen molar-refractivity contribution in [1.29, 1.82) is 0 Å². The van der Waals surface area contributed by atoms with Gasteiger partial charge >= 0.3 is 5.97 Å². The predicted octanol–water partition coefficient (Wildman–Crippen LogP) is 3.33. The Bertz CT molecular complexity index is 543. The SMILES string of the molecule is CCc1cc2c(cc1CC)C(N)C(C(=O)OC(C)(C)C)C2. The number of hydrogen-bond acceptors (Lipinski definition) is 3. The Labute approximate surface area is 127 Å². The molecule has 0 spiro atoms. The van der Waals surface area contributed by atoms with Crippen LogP contribution in [0.3, 0.4) is 0 Å². The zero-order valence-electron chi connectivity index (χ0n) is 13.8. The molecule has 3 heteroatoms. The average molecular weight is 289 g/mol. The molecule has 0 aromatic heterocycles. The monoisotopic (exact) mass is 289 g/mol. The van der Waals surface area contributed by atoms with Crippen LogP contribution in [0.1, 0.15) is 62.9 Å². The van der Waals surface area contributed by atoms with Crippen molar-refractivity contribution in [2.45, 2.75) is 65.5 Å². The largest absolute Gasteiger partial charge is 0.460 e. The van der Waals surface area contributed by atoms with E-state index < -0.39 is 5.60 Å². The number of hydrogen-bond donors (Lipinski definition) is 1. The summed E-state index contributed by atoms with van der Waals surface area (Å²) in [4.78, 5) is 12.3. The third-order valence-corrected chi connectivity index (χ3v) is 4.17. The fraction of sp³-hybridized carbons (Fsp3) is 0.611. The molecular weight excluding hydrogens is 262 g/mol. The standard InChI is InChI=1S/C18H27NO2/c1-6-11-8-13-10-15(17(20)21-18(3,4)5)16(19)14(13)9-12(11)7-2/h8-9,15-16H,6-7,10,19H2,1-5H3. The average Bonchev–Trinajstić information content (AvgIpc) is 2.72. The first-order chi connectivity index (χ1) is 9.76. The van der Waals surface area contributed by atoms with Crippen LogP contribution in [0.25, 0.3) is 0 Å². The summed E-state index contributed by atoms with van der Waals surface area (Å²) in [5.74, 6) is -0.432. The Morgan fingerprint density at radius 2 is 1.81 bits per heavy atom. The summed E-state index contributed by atoms with van der Waals surface area (Å²) < 4.78 is 5.52. The van der Waals surface area contributed by atoms with Crippen molar-refractivity contribution in [3.8, 4) is 0 Å². The number of carbonyl (C=O) groups is 1. The van der Waals surface area contributed by atoms with Gasteiger partial charge in [-0.25, -0.2) is 0 Å². The molecule has 0 bridgehead atoms. The van der Waals surface area contributed by atoms with E-state index in [4.69, 9.17) is 10.5 Å². The summed E-state index contributed by atoms with van der Waals surface area (Å²) in [6.45, 7) is 10.0. The van der Waals surface area contributed by atoms with Gasteiger partial charge in [0.2, 0.25) is 0 Å². The van der Waals surface area contributed by atoms with Crippen molar-refractivity contribution in [2.24, 2.45) is 11.7 Å². The first kappa shape index (κ1) is 16.0. The Morgan fingerprint density at radius 1 is 1.24 bits per heavy atom. The molecule has 0 aliphatic heterocycles. The molecule has 3 nitrogen and oxygen atoms in total. The van der Waals surface area contributed by atoms with E-state index in [9.17, 15) is 4.79 Å². The summed E-state index contributed by atoms with van der Waals surface area (Å²) in [6.07, 6.45) is 2.71. The number of rotatable bonds is 3. The zero-order chi connectivity index (χ0) is 15.8. The number of benzene rings is 1. The van der Waals surface area contributed by atoms with E-state index in [1.54, 1.807) is 0 Å². The van der Waals surface area contributed by atoms with Crippen molar-refractivity contribution >= 4 is 5.97 Å². The third kappa shape index (κ3) is 3.29. The molecule has 1 aromatic rings. The predicted molar refractivity (Wildman–Crippen MR) is 85.2 cm³/mol. The van der Waals surface area contributed by atoms with E-state index >= 15 is 0 Å². The molecule has 2 N–H and O–H groups in total. The Morgan fingerprint density at radius 3 is 2.33 bits per heavy atom. The molecule has 0 radical (unpaired) electrons. The van der Waals surface area contributed by atoms with Gasteiger partial charge in [-0.1, -0.05) is 26.0 Å². The maximum absolute atomic E-state index is 12.3. The van der Waals surface area contributed by atoms with Crippen LogP contribution in [0.2, 0.25) is 0 Å². The molecule has 0 fully saturated rings. The first-order valence-corrected chi connectivity index (χ1v) is 7.89. The van der Waals surface area contributed by atoms with Gasteiger partial charge in [0.05, 0.1) is 5.92 Å². The molecule has 1 aliphatic carbocycles. The number of ether oxygens (including phenoxy) is 1. The van der Waals surface area contributed by atoms with E-state index in [2.05, 4.69) is 26.0 Å². The lowest BCUT2D eigenvalue weighted by Crippen LogP contribution is -2.32. The van der Waals surface area contributed by atoms with Crippen LogP contribution >= 0.6 is 0 Å². The summed E-state index contributed by atoms with van der Waals surface area (Å²) in [5.41, 5.74) is 10.9. The van der Waals surface area contributed by atoms with E-state index in [1.807, 2.05) is 20.8 Å². The number of carbonyl (C=O) groups excluding carboxylic acids is 1. The van der Waals surface area contributed by atoms with Crippen molar-refractivity contribution < 1.29 is 9.53 Å². The van der Waals surface area contributed by atoms with Crippen molar-refractivity contribution in [3.63, 3.8) is 0 Å². The van der Waals surface area contributed by atoms with Gasteiger partial charge in [-0.05, 0) is 62.3 Å². The maximum atomic E-state index is 12.3. The minimum Gasteiger partial charge on any atom is -0.460 e. The highest BCUT2D eigenvalue weighted by Crippen LogP contribution is 2.37. The van der Waals surface area contributed by atoms with Gasteiger partial charge < -0.3 is 10.5 Å². The lowest BCUT2D eigenvalue weighted by Gasteiger charge is -2.23. The fourth-order valence-electron chi connectivity index (χ4n) is 3.09. The molecular formula is C18H27NO2. The van der Waals surface area contributed by atoms with Crippen LogP contribution in [0, 0.1) is 5.92 Å². The number of nitrogens with two attached hydrogens (primary N) is 1. The van der Waals surface area contributed by atoms with Gasteiger partial charge in [0, 0.05) is 6.04 Å². The summed E-state index contributed by atoms with van der Waals surface area (Å²) in [6, 6.07) is 4.19. The number of aryl methyl sites for hydroxylation is 2. The van der Waals surface area contributed by atoms with E-state index in [0.717, 1.165) is 18.4 Å². The van der Waals surface area contributed by atoms with Gasteiger partial charge in [0.1, 0.15) is 5.60 Å². The quantitative estimate of drug-likeness (QED) is 0.868. The molecule has 0 saturated carbocycles. The topological polar surface area (TPSA) is 52.3 Å². The Balaban J connectivity index is 2.27. The third-order valence-electron chi connectivity index (χ3n) is 4.17. The minimum atomic E-state index is -0.464. The first-order valence-electron chi connectivity index (χ1n) is 7.89. The van der Waals surface area contributed by atoms with Crippen LogP contribution < -0.4 is 5.73 Å². The van der Waals surface area contributed by atoms with E-state index in [-0.39, 0.29) is 17.9 Å². The second kappa shape index (κ2) is 5.80. The molecule has 0 amide bonds. The highest BCUT2D eigenvalue weighted by Gasteiger charge is 2.37. The highest BCUT2D eigenvalue weighted by atomic mass is 16.6. The minimum absolute atomic E-state index is 0.178. The summed E-state index contributed by atoms with van der Waals surface area (Å²) in [5, 5.41) is 0. The van der Waals surface area contributed by atoms with Crippen molar-refractivity contribution in [2.75, 3.05) is 0 Å². The second-order valence-electron chi connectivity index (χ2n) is 6.90. The van der Waals surface area contributed by atoms with Crippen LogP contribution in [0.5, 0.6) is 0 Å². The van der Waals surface area contributed by atoms with E-state index in [0.29, 0.717) is 6.42 Å². The van der Waals surface area contributed by atoms with Crippen molar-refractivity contribution in [3.05, 3.63) is 34.4 Å². The zero-order valence-corrected chi connectivity index (χ0v) is 13.8. The second-order valence-corrected chi connectivity index (χ2v) is 6.90. The van der Waals surface area contributed by atoms with Crippen molar-refractivity contribution in [1.82, 2.24) is 0 Å². The molecule has 2 unspecified atom stereocenters. The lowest BCUT2D eigenvalue weighted by molar-refractivity contribution is -0.160. The number of fused-ring (bicyclic) bond motifs is 1. The van der Waals surface area contributed by atoms with Gasteiger partial charge in [-0.3, -0.25) is 4.79 Å². The van der Waals surface area contributed by atoms with Crippen LogP contribution in [-0.4, -0.2) is 11.6 Å². The van der Waals surface area contributed by atoms with Gasteiger partial charge in [0.25, 0.3) is 0 Å². The molecule has 21 heavy (non-hydrogen) atoms. The molecule has 1 aliphatic rings. The van der Waals surface area contributed by atoms with E-state index in [1.165, 1.54) is 16.7 Å². The molecule has 2 rings (SSSR count). The van der Waals surface area contributed by atoms with Gasteiger partial charge in [0.15, 0.2) is 0 Å². The smallest absolute Gasteiger partial charge is 0.311 e. The lowest BCUT2D eigenvalue weighted by atomic mass is 9.96. The molecule has 0 saturated heterocycles. The molecule has 116 valence electrons. The number of esters is 1. The van der Waals surface area contributed by atoms with Crippen LogP contribution in [-0.2, 0) is 28.8 Å². The van der Waals surface area contributed by atoms with Crippen LogP contribution in [0.4, 0.5) is 0 Å². The molecule has 1 aromatic carbocycles. The van der Waals surface area contributed by atoms with Crippen LogP contribution in [0.15, 0.2) is 12.1 Å². The normalized spacial score (nSPS) is 21.2. The fourth-order valence-corrected chi connectivity index (χ4v) is 3.09. The molecule has 2 atom stereocenters. The van der Waals surface area contributed by atoms with Gasteiger partial charge in [-0.15, -0.1) is 0 Å². The maximum Gasteiger partial charge on any atom is 0.311 e. The Kier molecular flexibility index (Phi) is 4.43.